The van der Waals surface area contributed by atoms with E-state index in [4.69, 9.17) is 9.47 Å². The summed E-state index contributed by atoms with van der Waals surface area (Å²) < 4.78 is 38.5. The number of methoxy groups -OCH3 is 2. The Kier molecular flexibility index (Phi) is 7.61. The van der Waals surface area contributed by atoms with E-state index < -0.39 is 10.0 Å². The van der Waals surface area contributed by atoms with Gasteiger partial charge in [-0.2, -0.15) is 4.31 Å². The van der Waals surface area contributed by atoms with Crippen LogP contribution in [-0.2, 0) is 14.8 Å². The van der Waals surface area contributed by atoms with Crippen molar-refractivity contribution < 1.29 is 22.7 Å². The van der Waals surface area contributed by atoms with Gasteiger partial charge in [-0.25, -0.2) is 8.42 Å². The molecule has 7 nitrogen and oxygen atoms in total. The smallest absolute Gasteiger partial charge is 0.243 e. The molecule has 0 aliphatic carbocycles. The molecule has 2 aromatic rings. The van der Waals surface area contributed by atoms with Gasteiger partial charge < -0.3 is 14.8 Å². The molecule has 1 fully saturated rings. The van der Waals surface area contributed by atoms with Gasteiger partial charge in [-0.15, -0.1) is 0 Å². The van der Waals surface area contributed by atoms with Gasteiger partial charge in [0.1, 0.15) is 0 Å². The highest BCUT2D eigenvalue weighted by Crippen LogP contribution is 2.30. The van der Waals surface area contributed by atoms with E-state index in [1.54, 1.807) is 38.5 Å². The third-order valence-electron chi connectivity index (χ3n) is 5.54. The highest BCUT2D eigenvalue weighted by molar-refractivity contribution is 9.10. The van der Waals surface area contributed by atoms with Crippen LogP contribution in [0.15, 0.2) is 51.8 Å². The molecule has 1 atom stereocenters. The van der Waals surface area contributed by atoms with Gasteiger partial charge in [-0.3, -0.25) is 4.79 Å². The second kappa shape index (κ2) is 10.0. The van der Waals surface area contributed by atoms with Crippen LogP contribution >= 0.6 is 15.9 Å². The monoisotopic (exact) mass is 510 g/mol. The van der Waals surface area contributed by atoms with Crippen LogP contribution < -0.4 is 14.8 Å². The van der Waals surface area contributed by atoms with Crippen LogP contribution in [0, 0.1) is 5.92 Å². The Morgan fingerprint density at radius 3 is 2.26 bits per heavy atom. The Labute approximate surface area is 191 Å². The second-order valence-corrected chi connectivity index (χ2v) is 10.3. The molecule has 1 heterocycles. The topological polar surface area (TPSA) is 84.9 Å². The molecule has 1 amide bonds. The Hall–Kier alpha value is -2.10. The van der Waals surface area contributed by atoms with Crippen LogP contribution in [0.1, 0.15) is 31.4 Å². The van der Waals surface area contributed by atoms with Crippen LogP contribution in [0.5, 0.6) is 11.5 Å². The summed E-state index contributed by atoms with van der Waals surface area (Å²) in [5.41, 5.74) is 0.904. The molecule has 0 bridgehead atoms. The zero-order valence-electron chi connectivity index (χ0n) is 17.8. The van der Waals surface area contributed by atoms with E-state index in [-0.39, 0.29) is 22.8 Å². The molecule has 0 radical (unpaired) electrons. The van der Waals surface area contributed by atoms with Gasteiger partial charge >= 0.3 is 0 Å². The van der Waals surface area contributed by atoms with Crippen LogP contribution in [0.2, 0.25) is 0 Å². The summed E-state index contributed by atoms with van der Waals surface area (Å²) in [6.07, 6.45) is 0.973. The average Bonchev–Trinajstić information content (AvgIpc) is 2.78. The fourth-order valence-electron chi connectivity index (χ4n) is 3.65. The van der Waals surface area contributed by atoms with Crippen molar-refractivity contribution in [2.45, 2.75) is 30.7 Å². The lowest BCUT2D eigenvalue weighted by atomic mass is 9.96. The zero-order valence-corrected chi connectivity index (χ0v) is 20.2. The van der Waals surface area contributed by atoms with Gasteiger partial charge in [0.15, 0.2) is 11.5 Å². The van der Waals surface area contributed by atoms with Gasteiger partial charge in [0.2, 0.25) is 15.9 Å². The second-order valence-electron chi connectivity index (χ2n) is 7.48. The van der Waals surface area contributed by atoms with Crippen LogP contribution in [0.4, 0.5) is 0 Å². The summed E-state index contributed by atoms with van der Waals surface area (Å²) in [5, 5.41) is 3.04. The molecule has 0 spiro atoms. The summed E-state index contributed by atoms with van der Waals surface area (Å²) in [6, 6.07) is 11.9. The number of benzene rings is 2. The minimum atomic E-state index is -3.55. The number of hydrogen-bond acceptors (Lipinski definition) is 5. The summed E-state index contributed by atoms with van der Waals surface area (Å²) >= 11 is 3.32. The van der Waals surface area contributed by atoms with Gasteiger partial charge in [-0.05, 0) is 61.7 Å². The van der Waals surface area contributed by atoms with E-state index in [0.29, 0.717) is 37.4 Å². The zero-order chi connectivity index (χ0) is 22.6. The van der Waals surface area contributed by atoms with Crippen LogP contribution in [-0.4, -0.2) is 45.9 Å². The fourth-order valence-corrected chi connectivity index (χ4v) is 5.38. The summed E-state index contributed by atoms with van der Waals surface area (Å²) in [5.74, 6) is 0.943. The number of carbonyl (C=O) groups excluding carboxylic acids is 1. The molecule has 1 N–H and O–H groups in total. The van der Waals surface area contributed by atoms with Crippen LogP contribution in [0.3, 0.4) is 0 Å². The van der Waals surface area contributed by atoms with E-state index in [2.05, 4.69) is 21.2 Å². The number of halogens is 1. The van der Waals surface area contributed by atoms with Gasteiger partial charge in [0.05, 0.1) is 25.2 Å². The molecule has 0 unspecified atom stereocenters. The van der Waals surface area contributed by atoms with Crippen LogP contribution in [0.25, 0.3) is 0 Å². The molecule has 1 aliphatic heterocycles. The van der Waals surface area contributed by atoms with Gasteiger partial charge in [0, 0.05) is 23.5 Å². The Morgan fingerprint density at radius 1 is 1.06 bits per heavy atom. The first-order valence-electron chi connectivity index (χ1n) is 10.0. The molecular weight excluding hydrogens is 484 g/mol. The summed E-state index contributed by atoms with van der Waals surface area (Å²) in [7, 11) is -0.407. The molecule has 9 heteroatoms. The number of ether oxygens (including phenoxy) is 2. The standard InChI is InChI=1S/C22H27BrN2O5S/c1-15(17-4-9-20(29-2)21(14-17)30-3)24-22(26)16-10-12-25(13-11-16)31(27,28)19-7-5-18(23)6-8-19/h4-9,14-16H,10-13H2,1-3H3,(H,24,26)/t15-/m0/s1. The molecule has 3 rings (SSSR count). The van der Waals surface area contributed by atoms with Gasteiger partial charge in [0.25, 0.3) is 0 Å². The van der Waals surface area contributed by atoms with Crippen molar-refractivity contribution in [3.8, 4) is 11.5 Å². The number of amides is 1. The van der Waals surface area contributed by atoms with E-state index in [1.807, 2.05) is 25.1 Å². The maximum absolute atomic E-state index is 12.8. The van der Waals surface area contributed by atoms with E-state index in [0.717, 1.165) is 10.0 Å². The molecule has 2 aromatic carbocycles. The SMILES string of the molecule is COc1ccc([C@H](C)NC(=O)C2CCN(S(=O)(=O)c3ccc(Br)cc3)CC2)cc1OC. The van der Waals surface area contributed by atoms with Crippen molar-refractivity contribution in [2.75, 3.05) is 27.3 Å². The number of nitrogens with zero attached hydrogens (tertiary/aromatic N) is 1. The number of piperidine rings is 1. The molecular formula is C22H27BrN2O5S. The predicted octanol–water partition coefficient (Wildman–Crippen LogP) is 3.74. The number of sulfonamides is 1. The van der Waals surface area contributed by atoms with E-state index in [9.17, 15) is 13.2 Å². The molecule has 1 aliphatic rings. The average molecular weight is 511 g/mol. The largest absolute Gasteiger partial charge is 0.493 e. The highest BCUT2D eigenvalue weighted by Gasteiger charge is 2.32. The maximum atomic E-state index is 12.8. The lowest BCUT2D eigenvalue weighted by Crippen LogP contribution is -2.43. The number of nitrogens with one attached hydrogen (secondary N) is 1. The van der Waals surface area contributed by atoms with E-state index in [1.165, 1.54) is 4.31 Å². The first-order valence-corrected chi connectivity index (χ1v) is 12.3. The minimum Gasteiger partial charge on any atom is -0.493 e. The summed E-state index contributed by atoms with van der Waals surface area (Å²) in [6.45, 7) is 2.55. The van der Waals surface area contributed by atoms with Crippen molar-refractivity contribution in [2.24, 2.45) is 5.92 Å². The Balaban J connectivity index is 1.59. The highest BCUT2D eigenvalue weighted by atomic mass is 79.9. The third-order valence-corrected chi connectivity index (χ3v) is 7.98. The fraction of sp³-hybridized carbons (Fsp3) is 0.409. The van der Waals surface area contributed by atoms with Gasteiger partial charge in [-0.1, -0.05) is 22.0 Å². The molecule has 1 saturated heterocycles. The van der Waals surface area contributed by atoms with Crippen molar-refractivity contribution in [1.29, 1.82) is 0 Å². The number of carbonyl (C=O) groups is 1. The molecule has 31 heavy (non-hydrogen) atoms. The Morgan fingerprint density at radius 2 is 1.68 bits per heavy atom. The molecule has 0 saturated carbocycles. The van der Waals surface area contributed by atoms with Crippen molar-refractivity contribution in [1.82, 2.24) is 9.62 Å². The van der Waals surface area contributed by atoms with Crippen molar-refractivity contribution in [3.05, 3.63) is 52.5 Å². The first-order chi connectivity index (χ1) is 14.8. The quantitative estimate of drug-likeness (QED) is 0.613. The molecule has 168 valence electrons. The number of hydrogen-bond donors (Lipinski definition) is 1. The first kappa shape index (κ1) is 23.6. The Bertz CT molecular complexity index is 1020. The predicted molar refractivity (Wildman–Crippen MR) is 122 cm³/mol. The van der Waals surface area contributed by atoms with Crippen molar-refractivity contribution in [3.63, 3.8) is 0 Å². The lowest BCUT2D eigenvalue weighted by Gasteiger charge is -2.31. The van der Waals surface area contributed by atoms with Crippen molar-refractivity contribution >= 4 is 31.9 Å². The lowest BCUT2D eigenvalue weighted by molar-refractivity contribution is -0.126. The maximum Gasteiger partial charge on any atom is 0.243 e. The minimum absolute atomic E-state index is 0.0667. The number of rotatable bonds is 7. The summed E-state index contributed by atoms with van der Waals surface area (Å²) in [4.78, 5) is 13.0. The third kappa shape index (κ3) is 5.39. The normalized spacial score (nSPS) is 16.5. The van der Waals surface area contributed by atoms with E-state index >= 15 is 0 Å². The molecule has 0 aromatic heterocycles.